The van der Waals surface area contributed by atoms with E-state index >= 15 is 0 Å². The molecule has 5 nitrogen and oxygen atoms in total. The molecule has 0 fully saturated rings. The van der Waals surface area contributed by atoms with Gasteiger partial charge in [-0.3, -0.25) is 4.57 Å². The molecule has 0 N–H and O–H groups in total. The molecule has 0 atom stereocenters. The summed E-state index contributed by atoms with van der Waals surface area (Å²) < 4.78 is 32.2. The summed E-state index contributed by atoms with van der Waals surface area (Å²) in [6.45, 7) is 5.36. The lowest BCUT2D eigenvalue weighted by molar-refractivity contribution is -0.0312. The molecule has 0 spiro atoms. The van der Waals surface area contributed by atoms with E-state index in [2.05, 4.69) is 0 Å². The minimum absolute atomic E-state index is 0.300. The van der Waals surface area contributed by atoms with Gasteiger partial charge < -0.3 is 18.5 Å². The number of hydrogen-bond donors (Lipinski definition) is 0. The lowest BCUT2D eigenvalue weighted by atomic mass is 10.4. The lowest BCUT2D eigenvalue weighted by Gasteiger charge is -2.16. The highest BCUT2D eigenvalue weighted by atomic mass is 31.2. The fourth-order valence-electron chi connectivity index (χ4n) is 1.21. The molecule has 16 heavy (non-hydrogen) atoms. The molecule has 0 heterocycles. The van der Waals surface area contributed by atoms with E-state index in [9.17, 15) is 4.57 Å². The maximum atomic E-state index is 12.0. The molecule has 0 aromatic rings. The highest BCUT2D eigenvalue weighted by Gasteiger charge is 2.22. The summed E-state index contributed by atoms with van der Waals surface area (Å²) >= 11 is 0. The van der Waals surface area contributed by atoms with Gasteiger partial charge in [-0.15, -0.1) is 0 Å². The zero-order valence-corrected chi connectivity index (χ0v) is 11.3. The van der Waals surface area contributed by atoms with Crippen LogP contribution in [0.4, 0.5) is 0 Å². The highest BCUT2D eigenvalue weighted by Crippen LogP contribution is 2.48. The molecule has 0 unspecified atom stereocenters. The largest absolute Gasteiger partial charge is 0.359 e. The zero-order valence-electron chi connectivity index (χ0n) is 10.4. The molecular formula is C10H23O5P. The van der Waals surface area contributed by atoms with E-state index in [0.717, 1.165) is 12.8 Å². The van der Waals surface area contributed by atoms with Crippen LogP contribution in [0, 0.1) is 0 Å². The molecule has 0 saturated carbocycles. The molecule has 0 aliphatic heterocycles. The second kappa shape index (κ2) is 10.2. The van der Waals surface area contributed by atoms with Crippen molar-refractivity contribution in [1.29, 1.82) is 0 Å². The van der Waals surface area contributed by atoms with Crippen molar-refractivity contribution in [1.82, 2.24) is 0 Å². The summed E-state index contributed by atoms with van der Waals surface area (Å²) in [4.78, 5) is 0. The zero-order chi connectivity index (χ0) is 12.3. The highest BCUT2D eigenvalue weighted by molar-refractivity contribution is 7.53. The van der Waals surface area contributed by atoms with Gasteiger partial charge in [-0.2, -0.15) is 0 Å². The van der Waals surface area contributed by atoms with Crippen LogP contribution in [0.25, 0.3) is 0 Å². The molecule has 0 saturated heterocycles. The molecule has 0 radical (unpaired) electrons. The van der Waals surface area contributed by atoms with Crippen LogP contribution < -0.4 is 0 Å². The Bertz CT molecular complexity index is 188. The molecule has 0 aromatic carbocycles. The first kappa shape index (κ1) is 16.1. The Morgan fingerprint density at radius 2 is 1.69 bits per heavy atom. The van der Waals surface area contributed by atoms with Crippen molar-refractivity contribution in [2.45, 2.75) is 26.7 Å². The van der Waals surface area contributed by atoms with Gasteiger partial charge in [-0.05, 0) is 26.7 Å². The molecular weight excluding hydrogens is 231 g/mol. The van der Waals surface area contributed by atoms with Crippen LogP contribution in [-0.4, -0.2) is 39.9 Å². The van der Waals surface area contributed by atoms with Gasteiger partial charge >= 0.3 is 7.60 Å². The summed E-state index contributed by atoms with van der Waals surface area (Å²) in [5, 5.41) is 0. The molecule has 98 valence electrons. The van der Waals surface area contributed by atoms with Crippen LogP contribution >= 0.6 is 7.60 Å². The summed E-state index contributed by atoms with van der Waals surface area (Å²) in [5.74, 6) is 0. The maximum Gasteiger partial charge on any atom is 0.330 e. The van der Waals surface area contributed by atoms with Crippen molar-refractivity contribution >= 4 is 7.60 Å². The number of methoxy groups -OCH3 is 1. The number of rotatable bonds is 11. The van der Waals surface area contributed by atoms with Crippen molar-refractivity contribution < 1.29 is 23.1 Å². The van der Waals surface area contributed by atoms with E-state index in [4.69, 9.17) is 18.5 Å². The smallest absolute Gasteiger partial charge is 0.330 e. The van der Waals surface area contributed by atoms with Crippen LogP contribution in [0.3, 0.4) is 0 Å². The Kier molecular flexibility index (Phi) is 10.3. The van der Waals surface area contributed by atoms with Gasteiger partial charge in [0.2, 0.25) is 0 Å². The first-order valence-electron chi connectivity index (χ1n) is 5.63. The standard InChI is InChI=1S/C10H23O5P/c1-4-14-16(11,15-5-2)9-7-6-8-13-10-12-3/h4-10H2,1-3H3. The maximum absolute atomic E-state index is 12.0. The fourth-order valence-corrected chi connectivity index (χ4v) is 2.94. The van der Waals surface area contributed by atoms with E-state index in [-0.39, 0.29) is 0 Å². The lowest BCUT2D eigenvalue weighted by Crippen LogP contribution is -2.03. The molecule has 0 aromatic heterocycles. The van der Waals surface area contributed by atoms with Crippen LogP contribution in [0.2, 0.25) is 0 Å². The SMILES string of the molecule is CCOP(=O)(CCCCOCOC)OCC. The third-order valence-corrected chi connectivity index (χ3v) is 3.99. The summed E-state index contributed by atoms with van der Waals surface area (Å²) in [7, 11) is -1.28. The average Bonchev–Trinajstić information content (AvgIpc) is 2.24. The minimum atomic E-state index is -2.86. The molecule has 6 heteroatoms. The van der Waals surface area contributed by atoms with E-state index in [1.807, 2.05) is 13.8 Å². The van der Waals surface area contributed by atoms with E-state index in [1.165, 1.54) is 0 Å². The Morgan fingerprint density at radius 3 is 2.19 bits per heavy atom. The van der Waals surface area contributed by atoms with Crippen molar-refractivity contribution in [2.75, 3.05) is 39.9 Å². The second-order valence-electron chi connectivity index (χ2n) is 3.19. The van der Waals surface area contributed by atoms with Gasteiger partial charge in [0.05, 0.1) is 19.4 Å². The van der Waals surface area contributed by atoms with Gasteiger partial charge in [0.15, 0.2) is 0 Å². The Hall–Kier alpha value is 0.0700. The number of unbranched alkanes of at least 4 members (excludes halogenated alkanes) is 1. The number of hydrogen-bond acceptors (Lipinski definition) is 5. The quantitative estimate of drug-likeness (QED) is 0.322. The summed E-state index contributed by atoms with van der Waals surface area (Å²) in [6.07, 6.45) is 2.04. The van der Waals surface area contributed by atoms with Crippen LogP contribution in [-0.2, 0) is 23.1 Å². The van der Waals surface area contributed by atoms with Gasteiger partial charge in [0, 0.05) is 13.7 Å². The van der Waals surface area contributed by atoms with Crippen molar-refractivity contribution in [3.63, 3.8) is 0 Å². The van der Waals surface area contributed by atoms with E-state index in [0.29, 0.717) is 32.8 Å². The first-order valence-corrected chi connectivity index (χ1v) is 7.36. The van der Waals surface area contributed by atoms with Crippen LogP contribution in [0.5, 0.6) is 0 Å². The molecule has 0 aliphatic carbocycles. The molecule has 0 bridgehead atoms. The predicted octanol–water partition coefficient (Wildman–Crippen LogP) is 2.65. The third-order valence-electron chi connectivity index (χ3n) is 1.82. The van der Waals surface area contributed by atoms with Crippen molar-refractivity contribution in [2.24, 2.45) is 0 Å². The monoisotopic (exact) mass is 254 g/mol. The first-order chi connectivity index (χ1) is 7.68. The topological polar surface area (TPSA) is 54.0 Å². The van der Waals surface area contributed by atoms with Crippen molar-refractivity contribution in [3.05, 3.63) is 0 Å². The second-order valence-corrected chi connectivity index (χ2v) is 5.38. The Balaban J connectivity index is 3.64. The van der Waals surface area contributed by atoms with Crippen LogP contribution in [0.1, 0.15) is 26.7 Å². The molecule has 0 aliphatic rings. The molecule has 0 rings (SSSR count). The third kappa shape index (κ3) is 8.25. The predicted molar refractivity (Wildman–Crippen MR) is 62.8 cm³/mol. The Labute approximate surface area is 97.9 Å². The fraction of sp³-hybridized carbons (Fsp3) is 1.00. The van der Waals surface area contributed by atoms with Crippen LogP contribution in [0.15, 0.2) is 0 Å². The van der Waals surface area contributed by atoms with Gasteiger partial charge in [0.25, 0.3) is 0 Å². The van der Waals surface area contributed by atoms with Gasteiger partial charge in [-0.1, -0.05) is 0 Å². The van der Waals surface area contributed by atoms with E-state index < -0.39 is 7.60 Å². The number of ether oxygens (including phenoxy) is 2. The molecule has 0 amide bonds. The van der Waals surface area contributed by atoms with Crippen molar-refractivity contribution in [3.8, 4) is 0 Å². The summed E-state index contributed by atoms with van der Waals surface area (Å²) in [6, 6.07) is 0. The Morgan fingerprint density at radius 1 is 1.06 bits per heavy atom. The normalized spacial score (nSPS) is 11.9. The minimum Gasteiger partial charge on any atom is -0.359 e. The van der Waals surface area contributed by atoms with Gasteiger partial charge in [0.1, 0.15) is 6.79 Å². The average molecular weight is 254 g/mol. The van der Waals surface area contributed by atoms with E-state index in [1.54, 1.807) is 7.11 Å². The summed E-state index contributed by atoms with van der Waals surface area (Å²) in [5.41, 5.74) is 0. The van der Waals surface area contributed by atoms with Gasteiger partial charge in [-0.25, -0.2) is 0 Å².